The topological polar surface area (TPSA) is 76.3 Å². The first-order valence-electron chi connectivity index (χ1n) is 7.71. The molecular formula is C17H19N3O3S. The number of hydrogen-bond donors (Lipinski definition) is 0. The van der Waals surface area contributed by atoms with Gasteiger partial charge in [0.2, 0.25) is 5.89 Å². The number of sulfone groups is 1. The van der Waals surface area contributed by atoms with Crippen LogP contribution in [-0.4, -0.2) is 36.3 Å². The highest BCUT2D eigenvalue weighted by Gasteiger charge is 2.28. The molecule has 1 aliphatic rings. The second-order valence-corrected chi connectivity index (χ2v) is 8.18. The molecule has 0 unspecified atom stereocenters. The van der Waals surface area contributed by atoms with Crippen molar-refractivity contribution in [3.8, 4) is 12.3 Å². The number of nitrogens with zero attached hydrogens (tertiary/aromatic N) is 3. The molecule has 0 saturated heterocycles. The van der Waals surface area contributed by atoms with E-state index < -0.39 is 9.84 Å². The van der Waals surface area contributed by atoms with Gasteiger partial charge in [0.15, 0.2) is 15.7 Å². The van der Waals surface area contributed by atoms with Crippen molar-refractivity contribution >= 4 is 9.84 Å². The molecule has 1 aromatic heterocycles. The Morgan fingerprint density at radius 2 is 2.21 bits per heavy atom. The maximum absolute atomic E-state index is 11.3. The molecule has 0 spiro atoms. The quantitative estimate of drug-likeness (QED) is 0.742. The maximum Gasteiger partial charge on any atom is 0.240 e. The Balaban J connectivity index is 1.77. The van der Waals surface area contributed by atoms with Crippen molar-refractivity contribution in [2.24, 2.45) is 0 Å². The first kappa shape index (κ1) is 16.7. The van der Waals surface area contributed by atoms with Crippen LogP contribution in [-0.2, 0) is 28.6 Å². The number of terminal acetylenes is 1. The van der Waals surface area contributed by atoms with E-state index in [2.05, 4.69) is 33.1 Å². The van der Waals surface area contributed by atoms with Crippen LogP contribution in [0.5, 0.6) is 0 Å². The Hall–Kier alpha value is -2.17. The van der Waals surface area contributed by atoms with Gasteiger partial charge in [-0.15, -0.1) is 6.42 Å². The summed E-state index contributed by atoms with van der Waals surface area (Å²) >= 11 is 0. The molecule has 6 nitrogen and oxygen atoms in total. The molecule has 0 radical (unpaired) electrons. The van der Waals surface area contributed by atoms with Crippen LogP contribution in [0, 0.1) is 12.3 Å². The second-order valence-electron chi connectivity index (χ2n) is 6.04. The Labute approximate surface area is 141 Å². The van der Waals surface area contributed by atoms with Crippen molar-refractivity contribution in [3.05, 3.63) is 47.1 Å². The van der Waals surface area contributed by atoms with Gasteiger partial charge in [0.1, 0.15) is 5.75 Å². The summed E-state index contributed by atoms with van der Waals surface area (Å²) in [5.41, 5.74) is 2.62. The van der Waals surface area contributed by atoms with Crippen LogP contribution in [0.25, 0.3) is 0 Å². The lowest BCUT2D eigenvalue weighted by Crippen LogP contribution is -2.27. The van der Waals surface area contributed by atoms with Crippen molar-refractivity contribution in [1.29, 1.82) is 0 Å². The molecule has 1 aromatic carbocycles. The smallest absolute Gasteiger partial charge is 0.240 e. The highest BCUT2D eigenvalue weighted by atomic mass is 32.2. The van der Waals surface area contributed by atoms with Crippen LogP contribution in [0.1, 0.15) is 35.3 Å². The minimum absolute atomic E-state index is 0.181. The summed E-state index contributed by atoms with van der Waals surface area (Å²) in [6.07, 6.45) is 8.67. The van der Waals surface area contributed by atoms with Crippen LogP contribution >= 0.6 is 0 Å². The first-order valence-corrected chi connectivity index (χ1v) is 9.77. The van der Waals surface area contributed by atoms with Gasteiger partial charge in [-0.05, 0) is 24.0 Å². The molecule has 0 aliphatic heterocycles. The van der Waals surface area contributed by atoms with E-state index in [9.17, 15) is 8.42 Å². The molecule has 0 bridgehead atoms. The average molecular weight is 345 g/mol. The lowest BCUT2D eigenvalue weighted by atomic mass is 10.1. The summed E-state index contributed by atoms with van der Waals surface area (Å²) in [4.78, 5) is 6.29. The van der Waals surface area contributed by atoms with Crippen LogP contribution in [0.2, 0.25) is 0 Å². The summed E-state index contributed by atoms with van der Waals surface area (Å²) in [6.45, 7) is 0.864. The molecule has 3 rings (SSSR count). The zero-order valence-electron chi connectivity index (χ0n) is 13.5. The third-order valence-electron chi connectivity index (χ3n) is 4.08. The largest absolute Gasteiger partial charge is 0.338 e. The minimum Gasteiger partial charge on any atom is -0.338 e. The van der Waals surface area contributed by atoms with Crippen molar-refractivity contribution in [1.82, 2.24) is 15.0 Å². The SMILES string of the molecule is C#CCN(Cc1nc(CS(C)(=O)=O)no1)[C@H]1CCc2ccccc21. The minimum atomic E-state index is -3.19. The highest BCUT2D eigenvalue weighted by Crippen LogP contribution is 2.36. The van der Waals surface area contributed by atoms with E-state index in [0.717, 1.165) is 19.1 Å². The monoisotopic (exact) mass is 345 g/mol. The Morgan fingerprint density at radius 1 is 1.42 bits per heavy atom. The van der Waals surface area contributed by atoms with Crippen LogP contribution < -0.4 is 0 Å². The summed E-state index contributed by atoms with van der Waals surface area (Å²) in [6, 6.07) is 8.55. The van der Waals surface area contributed by atoms with Crippen LogP contribution in [0.3, 0.4) is 0 Å². The average Bonchev–Trinajstić information content (AvgIpc) is 3.12. The molecule has 2 aromatic rings. The Kier molecular flexibility index (Phi) is 4.69. The van der Waals surface area contributed by atoms with E-state index in [1.807, 2.05) is 12.1 Å². The number of benzene rings is 1. The lowest BCUT2D eigenvalue weighted by Gasteiger charge is -2.26. The van der Waals surface area contributed by atoms with E-state index in [1.54, 1.807) is 0 Å². The zero-order chi connectivity index (χ0) is 17.2. The van der Waals surface area contributed by atoms with Crippen molar-refractivity contribution in [2.45, 2.75) is 31.2 Å². The van der Waals surface area contributed by atoms with Gasteiger partial charge in [0.25, 0.3) is 0 Å². The number of fused-ring (bicyclic) bond motifs is 1. The summed E-state index contributed by atoms with van der Waals surface area (Å²) in [7, 11) is -3.19. The van der Waals surface area contributed by atoms with Gasteiger partial charge >= 0.3 is 0 Å². The van der Waals surface area contributed by atoms with E-state index >= 15 is 0 Å². The van der Waals surface area contributed by atoms with E-state index in [4.69, 9.17) is 10.9 Å². The molecule has 0 fully saturated rings. The highest BCUT2D eigenvalue weighted by molar-refractivity contribution is 7.89. The molecule has 0 N–H and O–H groups in total. The van der Waals surface area contributed by atoms with Crippen molar-refractivity contribution < 1.29 is 12.9 Å². The Morgan fingerprint density at radius 3 is 2.96 bits per heavy atom. The fourth-order valence-electron chi connectivity index (χ4n) is 3.13. The molecule has 126 valence electrons. The fraction of sp³-hybridized carbons (Fsp3) is 0.412. The number of aryl methyl sites for hydroxylation is 1. The first-order chi connectivity index (χ1) is 11.5. The molecule has 1 aliphatic carbocycles. The Bertz CT molecular complexity index is 867. The van der Waals surface area contributed by atoms with E-state index in [-0.39, 0.29) is 17.6 Å². The van der Waals surface area contributed by atoms with Gasteiger partial charge in [0.05, 0.1) is 13.1 Å². The molecule has 1 atom stereocenters. The second kappa shape index (κ2) is 6.75. The molecule has 0 amide bonds. The fourth-order valence-corrected chi connectivity index (χ4v) is 3.71. The predicted molar refractivity (Wildman–Crippen MR) is 89.6 cm³/mol. The van der Waals surface area contributed by atoms with Crippen LogP contribution in [0.15, 0.2) is 28.8 Å². The van der Waals surface area contributed by atoms with E-state index in [1.165, 1.54) is 11.1 Å². The normalized spacial score (nSPS) is 17.0. The molecule has 24 heavy (non-hydrogen) atoms. The maximum atomic E-state index is 11.3. The van der Waals surface area contributed by atoms with Gasteiger partial charge in [-0.25, -0.2) is 8.42 Å². The number of hydrogen-bond acceptors (Lipinski definition) is 6. The van der Waals surface area contributed by atoms with Gasteiger partial charge in [0, 0.05) is 12.3 Å². The van der Waals surface area contributed by atoms with Gasteiger partial charge in [-0.1, -0.05) is 35.3 Å². The van der Waals surface area contributed by atoms with Gasteiger partial charge in [-0.2, -0.15) is 4.98 Å². The summed E-state index contributed by atoms with van der Waals surface area (Å²) in [5, 5.41) is 3.74. The zero-order valence-corrected chi connectivity index (χ0v) is 14.3. The summed E-state index contributed by atoms with van der Waals surface area (Å²) in [5.74, 6) is 3.02. The lowest BCUT2D eigenvalue weighted by molar-refractivity contribution is 0.185. The molecular weight excluding hydrogens is 326 g/mol. The summed E-state index contributed by atoms with van der Waals surface area (Å²) < 4.78 is 27.8. The van der Waals surface area contributed by atoms with Gasteiger partial charge < -0.3 is 4.52 Å². The molecule has 1 heterocycles. The van der Waals surface area contributed by atoms with E-state index in [0.29, 0.717) is 19.0 Å². The standard InChI is InChI=1S/C17H19N3O3S/c1-3-10-20(15-9-8-13-6-4-5-7-14(13)15)11-17-18-16(19-23-17)12-24(2,21)22/h1,4-7,15H,8-12H2,2H3/t15-/m0/s1. The van der Waals surface area contributed by atoms with Crippen LogP contribution in [0.4, 0.5) is 0 Å². The van der Waals surface area contributed by atoms with Crippen molar-refractivity contribution in [3.63, 3.8) is 0 Å². The molecule has 0 saturated carbocycles. The predicted octanol–water partition coefficient (Wildman–Crippen LogP) is 1.74. The van der Waals surface area contributed by atoms with Crippen molar-refractivity contribution in [2.75, 3.05) is 12.8 Å². The van der Waals surface area contributed by atoms with Gasteiger partial charge in [-0.3, -0.25) is 4.90 Å². The third-order valence-corrected chi connectivity index (χ3v) is 4.86. The number of aromatic nitrogens is 2. The third kappa shape index (κ3) is 3.83. The molecule has 7 heteroatoms. The number of rotatable bonds is 6.